The molecule has 7 nitrogen and oxygen atoms in total. The highest BCUT2D eigenvalue weighted by atomic mass is 16.5. The van der Waals surface area contributed by atoms with Crippen molar-refractivity contribution in [3.05, 3.63) is 51.8 Å². The number of carbonyl (C=O) groups is 2. The van der Waals surface area contributed by atoms with Crippen LogP contribution in [0.25, 0.3) is 22.1 Å². The van der Waals surface area contributed by atoms with E-state index in [1.165, 1.54) is 13.0 Å². The number of para-hydroxylation sites is 1. The van der Waals surface area contributed by atoms with Gasteiger partial charge in [0.25, 0.3) is 0 Å². The van der Waals surface area contributed by atoms with E-state index in [0.29, 0.717) is 11.0 Å². The second-order valence-electron chi connectivity index (χ2n) is 6.36. The topological polar surface area (TPSA) is 110 Å². The molecule has 0 aliphatic heterocycles. The van der Waals surface area contributed by atoms with Crippen molar-refractivity contribution in [1.29, 1.82) is 0 Å². The first-order chi connectivity index (χ1) is 12.8. The zero-order valence-electron chi connectivity index (χ0n) is 15.2. The zero-order valence-corrected chi connectivity index (χ0v) is 15.2. The summed E-state index contributed by atoms with van der Waals surface area (Å²) in [6.45, 7) is 4.79. The number of fused-ring (bicyclic) bond motifs is 2. The van der Waals surface area contributed by atoms with Gasteiger partial charge in [0, 0.05) is 0 Å². The minimum atomic E-state index is -1.56. The van der Waals surface area contributed by atoms with E-state index in [-0.39, 0.29) is 40.8 Å². The molecule has 0 saturated heterocycles. The average molecular weight is 368 g/mol. The van der Waals surface area contributed by atoms with Gasteiger partial charge in [-0.05, 0) is 38.5 Å². The molecule has 140 valence electrons. The fourth-order valence-electron chi connectivity index (χ4n) is 2.92. The van der Waals surface area contributed by atoms with Gasteiger partial charge in [0.1, 0.15) is 5.58 Å². The minimum absolute atomic E-state index is 0.0392. The molecule has 0 bridgehead atoms. The molecule has 1 atom stereocenters. The van der Waals surface area contributed by atoms with Gasteiger partial charge in [0.2, 0.25) is 11.1 Å². The molecule has 0 aliphatic rings. The summed E-state index contributed by atoms with van der Waals surface area (Å²) in [4.78, 5) is 41.3. The molecule has 0 aliphatic carbocycles. The molecule has 0 radical (unpaired) electrons. The van der Waals surface area contributed by atoms with Crippen molar-refractivity contribution in [2.45, 2.75) is 32.6 Å². The van der Waals surface area contributed by atoms with E-state index in [9.17, 15) is 19.5 Å². The van der Waals surface area contributed by atoms with Gasteiger partial charge in [-0.3, -0.25) is 4.79 Å². The van der Waals surface area contributed by atoms with Gasteiger partial charge in [-0.25, -0.2) is 9.78 Å². The first-order valence-corrected chi connectivity index (χ1v) is 8.59. The second-order valence-corrected chi connectivity index (χ2v) is 6.36. The normalized spacial score (nSPS) is 13.4. The highest BCUT2D eigenvalue weighted by molar-refractivity contribution is 5.98. The molecule has 27 heavy (non-hydrogen) atoms. The highest BCUT2D eigenvalue weighted by Crippen LogP contribution is 2.31. The Balaban J connectivity index is 2.44. The van der Waals surface area contributed by atoms with E-state index >= 15 is 0 Å². The van der Waals surface area contributed by atoms with Crippen LogP contribution in [0.2, 0.25) is 0 Å². The number of carboxylic acid groups (broad SMARTS) is 1. The number of esters is 1. The van der Waals surface area contributed by atoms with Crippen LogP contribution in [-0.2, 0) is 14.9 Å². The quantitative estimate of drug-likeness (QED) is 0.500. The first kappa shape index (κ1) is 18.6. The summed E-state index contributed by atoms with van der Waals surface area (Å²) in [5, 5.41) is 12.2. The van der Waals surface area contributed by atoms with Crippen molar-refractivity contribution < 1.29 is 23.8 Å². The number of nitrogens with zero attached hydrogens (tertiary/aromatic N) is 1. The fraction of sp³-hybridized carbons (Fsp3) is 0.300. The summed E-state index contributed by atoms with van der Waals surface area (Å²) in [7, 11) is 0. The summed E-state index contributed by atoms with van der Waals surface area (Å²) in [6, 6.07) is 7.93. The van der Waals surface area contributed by atoms with Crippen LogP contribution in [0.5, 0.6) is 0 Å². The molecule has 0 fully saturated rings. The Labute approximate surface area is 154 Å². The summed E-state index contributed by atoms with van der Waals surface area (Å²) in [5.41, 5.74) is -1.76. The number of aliphatic carboxylic acids is 1. The van der Waals surface area contributed by atoms with E-state index in [1.807, 2.05) is 0 Å². The molecule has 2 heterocycles. The number of aromatic nitrogens is 1. The first-order valence-electron chi connectivity index (χ1n) is 8.59. The molecule has 1 aromatic carbocycles. The molecule has 0 amide bonds. The Bertz CT molecular complexity index is 1120. The molecule has 1 unspecified atom stereocenters. The van der Waals surface area contributed by atoms with Gasteiger partial charge in [-0.2, -0.15) is 0 Å². The smallest absolute Gasteiger partial charge is 0.340 e. The van der Waals surface area contributed by atoms with E-state index in [4.69, 9.17) is 9.15 Å². The van der Waals surface area contributed by atoms with Crippen LogP contribution < -0.4 is 10.5 Å². The standard InChI is InChI=1S/C20H19NO6/c1-4-20(3,19(24)25)16-13(18(23)26-5-2)10-12-15(22)11-8-6-7-9-14(11)27-17(12)21-16/h6-10H,4-5H2,1-3H3,(H,24,25)/p-1. The predicted octanol–water partition coefficient (Wildman–Crippen LogP) is 1.94. The lowest BCUT2D eigenvalue weighted by molar-refractivity contribution is -0.313. The van der Waals surface area contributed by atoms with Crippen molar-refractivity contribution in [1.82, 2.24) is 4.98 Å². The summed E-state index contributed by atoms with van der Waals surface area (Å²) in [6.07, 6.45) is 0.123. The number of pyridine rings is 1. The number of hydrogen-bond acceptors (Lipinski definition) is 7. The van der Waals surface area contributed by atoms with Crippen LogP contribution in [0.15, 0.2) is 39.5 Å². The minimum Gasteiger partial charge on any atom is -0.549 e. The van der Waals surface area contributed by atoms with E-state index in [2.05, 4.69) is 4.98 Å². The van der Waals surface area contributed by atoms with E-state index < -0.39 is 17.4 Å². The maximum absolute atomic E-state index is 12.8. The molecule has 0 spiro atoms. The third kappa shape index (κ3) is 2.95. The van der Waals surface area contributed by atoms with Gasteiger partial charge in [-0.15, -0.1) is 0 Å². The molecule has 0 N–H and O–H groups in total. The van der Waals surface area contributed by atoms with Gasteiger partial charge in [0.15, 0.2) is 0 Å². The largest absolute Gasteiger partial charge is 0.549 e. The van der Waals surface area contributed by atoms with Crippen LogP contribution in [0.4, 0.5) is 0 Å². The third-order valence-electron chi connectivity index (χ3n) is 4.75. The van der Waals surface area contributed by atoms with Gasteiger partial charge in [-0.1, -0.05) is 19.1 Å². The van der Waals surface area contributed by atoms with E-state index in [0.717, 1.165) is 0 Å². The molecule has 0 saturated carbocycles. The predicted molar refractivity (Wildman–Crippen MR) is 96.4 cm³/mol. The highest BCUT2D eigenvalue weighted by Gasteiger charge is 2.34. The molecular formula is C20H18NO6-. The van der Waals surface area contributed by atoms with Gasteiger partial charge in [0.05, 0.1) is 40.0 Å². The fourth-order valence-corrected chi connectivity index (χ4v) is 2.92. The number of carboxylic acids is 1. The van der Waals surface area contributed by atoms with E-state index in [1.54, 1.807) is 38.1 Å². The maximum Gasteiger partial charge on any atom is 0.340 e. The number of benzene rings is 1. The Morgan fingerprint density at radius 2 is 1.93 bits per heavy atom. The third-order valence-corrected chi connectivity index (χ3v) is 4.75. The van der Waals surface area contributed by atoms with Crippen LogP contribution in [0.1, 0.15) is 43.2 Å². The molecule has 3 aromatic rings. The number of ether oxygens (including phenoxy) is 1. The summed E-state index contributed by atoms with van der Waals surface area (Å²) < 4.78 is 10.7. The summed E-state index contributed by atoms with van der Waals surface area (Å²) in [5.74, 6) is -2.14. The summed E-state index contributed by atoms with van der Waals surface area (Å²) >= 11 is 0. The van der Waals surface area contributed by atoms with Gasteiger partial charge >= 0.3 is 5.97 Å². The maximum atomic E-state index is 12.8. The van der Waals surface area contributed by atoms with Crippen LogP contribution >= 0.6 is 0 Å². The van der Waals surface area contributed by atoms with Crippen molar-refractivity contribution in [3.63, 3.8) is 0 Å². The van der Waals surface area contributed by atoms with Crippen molar-refractivity contribution in [2.24, 2.45) is 0 Å². The number of carbonyl (C=O) groups excluding carboxylic acids is 2. The molecular weight excluding hydrogens is 350 g/mol. The zero-order chi connectivity index (χ0) is 19.8. The number of rotatable bonds is 5. The SMILES string of the molecule is CCOC(=O)c1cc2c(=O)c3ccccc3oc2nc1C(C)(CC)C(=O)[O-]. The lowest BCUT2D eigenvalue weighted by Crippen LogP contribution is -2.45. The Kier molecular flexibility index (Phi) is 4.70. The Morgan fingerprint density at radius 3 is 2.56 bits per heavy atom. The van der Waals surface area contributed by atoms with Gasteiger partial charge < -0.3 is 19.1 Å². The molecule has 2 aromatic heterocycles. The lowest BCUT2D eigenvalue weighted by atomic mass is 9.81. The Morgan fingerprint density at radius 1 is 1.22 bits per heavy atom. The number of hydrogen-bond donors (Lipinski definition) is 0. The lowest BCUT2D eigenvalue weighted by Gasteiger charge is -2.30. The van der Waals surface area contributed by atoms with Crippen molar-refractivity contribution in [3.8, 4) is 0 Å². The van der Waals surface area contributed by atoms with Crippen LogP contribution in [0.3, 0.4) is 0 Å². The Hall–Kier alpha value is -3.22. The second kappa shape index (κ2) is 6.83. The average Bonchev–Trinajstić information content (AvgIpc) is 2.66. The van der Waals surface area contributed by atoms with Crippen LogP contribution in [-0.4, -0.2) is 23.5 Å². The monoisotopic (exact) mass is 368 g/mol. The molecule has 3 rings (SSSR count). The van der Waals surface area contributed by atoms with Crippen molar-refractivity contribution >= 4 is 34.0 Å². The molecule has 7 heteroatoms. The van der Waals surface area contributed by atoms with Crippen molar-refractivity contribution in [2.75, 3.05) is 6.61 Å². The van der Waals surface area contributed by atoms with Crippen LogP contribution in [0, 0.1) is 0 Å².